The minimum Gasteiger partial charge on any atom is -0.206 e. The van der Waals surface area contributed by atoms with Crippen LogP contribution in [0, 0.1) is 30.5 Å². The van der Waals surface area contributed by atoms with Gasteiger partial charge in [0.15, 0.2) is 0 Å². The number of benzene rings is 1. The van der Waals surface area contributed by atoms with Gasteiger partial charge in [0.1, 0.15) is 5.82 Å². The van der Waals surface area contributed by atoms with Gasteiger partial charge in [-0.05, 0) is 80.2 Å². The minimum absolute atomic E-state index is 0.0223. The highest BCUT2D eigenvalue weighted by atomic mass is 31.0. The van der Waals surface area contributed by atoms with Crippen LogP contribution < -0.4 is 5.30 Å². The minimum atomic E-state index is -0.0223. The Bertz CT molecular complexity index is 509. The molecule has 1 unspecified atom stereocenters. The van der Waals surface area contributed by atoms with Crippen molar-refractivity contribution in [2.45, 2.75) is 71.1 Å². The van der Waals surface area contributed by atoms with Gasteiger partial charge in [-0.15, -0.1) is 9.24 Å². The highest BCUT2D eigenvalue weighted by molar-refractivity contribution is 7.27. The summed E-state index contributed by atoms with van der Waals surface area (Å²) in [6.45, 7) is 4.26. The standard InChI is InChI=1S/C20H30FP/c1-13-3-6-15(7-4-13)16-8-10-17(11-9-16)18-12-5-14(2)19(21)20(18)22/h5,12-13,15-17H,3-4,6-11,22H2,1-2H3. The van der Waals surface area contributed by atoms with Crippen LogP contribution in [0.5, 0.6) is 0 Å². The van der Waals surface area contributed by atoms with Crippen molar-refractivity contribution >= 4 is 14.5 Å². The van der Waals surface area contributed by atoms with E-state index in [0.717, 1.165) is 28.6 Å². The third-order valence-corrected chi connectivity index (χ3v) is 6.93. The van der Waals surface area contributed by atoms with E-state index in [-0.39, 0.29) is 5.82 Å². The molecule has 0 saturated heterocycles. The zero-order valence-electron chi connectivity index (χ0n) is 14.1. The lowest BCUT2D eigenvalue weighted by atomic mass is 9.68. The van der Waals surface area contributed by atoms with E-state index in [4.69, 9.17) is 0 Å². The van der Waals surface area contributed by atoms with Crippen LogP contribution in [0.4, 0.5) is 4.39 Å². The second-order valence-corrected chi connectivity index (χ2v) is 8.41. The van der Waals surface area contributed by atoms with Crippen molar-refractivity contribution in [2.75, 3.05) is 0 Å². The molecule has 2 heteroatoms. The normalized spacial score (nSPS) is 32.9. The Balaban J connectivity index is 1.61. The van der Waals surface area contributed by atoms with Gasteiger partial charge in [0.2, 0.25) is 0 Å². The average molecular weight is 320 g/mol. The molecule has 2 saturated carbocycles. The Morgan fingerprint density at radius 3 is 2.05 bits per heavy atom. The van der Waals surface area contributed by atoms with Crippen LogP contribution in [-0.4, -0.2) is 0 Å². The fourth-order valence-electron chi connectivity index (χ4n) is 4.73. The molecule has 2 aliphatic carbocycles. The first-order valence-corrected chi connectivity index (χ1v) is 9.68. The first kappa shape index (κ1) is 16.4. The molecule has 0 nitrogen and oxygen atoms in total. The predicted molar refractivity (Wildman–Crippen MR) is 96.3 cm³/mol. The molecular weight excluding hydrogens is 290 g/mol. The maximum Gasteiger partial charge on any atom is 0.133 e. The first-order chi connectivity index (χ1) is 10.6. The van der Waals surface area contributed by atoms with E-state index < -0.39 is 0 Å². The molecule has 22 heavy (non-hydrogen) atoms. The summed E-state index contributed by atoms with van der Waals surface area (Å²) < 4.78 is 14.1. The molecule has 0 aromatic heterocycles. The molecule has 2 fully saturated rings. The van der Waals surface area contributed by atoms with Gasteiger partial charge < -0.3 is 0 Å². The summed E-state index contributed by atoms with van der Waals surface area (Å²) in [7, 11) is 2.64. The Labute approximate surface area is 137 Å². The molecule has 3 rings (SSSR count). The van der Waals surface area contributed by atoms with Crippen molar-refractivity contribution in [1.29, 1.82) is 0 Å². The number of rotatable bonds is 2. The summed E-state index contributed by atoms with van der Waals surface area (Å²) in [4.78, 5) is 0. The van der Waals surface area contributed by atoms with E-state index in [9.17, 15) is 4.39 Å². The second-order valence-electron chi connectivity index (χ2n) is 7.83. The van der Waals surface area contributed by atoms with E-state index in [1.54, 1.807) is 0 Å². The average Bonchev–Trinajstić information content (AvgIpc) is 2.54. The van der Waals surface area contributed by atoms with Gasteiger partial charge in [-0.3, -0.25) is 0 Å². The van der Waals surface area contributed by atoms with E-state index >= 15 is 0 Å². The molecule has 0 N–H and O–H groups in total. The van der Waals surface area contributed by atoms with Crippen LogP contribution >= 0.6 is 9.24 Å². The van der Waals surface area contributed by atoms with Gasteiger partial charge in [0.05, 0.1) is 0 Å². The molecule has 1 aromatic rings. The monoisotopic (exact) mass is 320 g/mol. The van der Waals surface area contributed by atoms with E-state index in [1.165, 1.54) is 56.9 Å². The zero-order chi connectivity index (χ0) is 15.7. The lowest BCUT2D eigenvalue weighted by molar-refractivity contribution is 0.165. The lowest BCUT2D eigenvalue weighted by Crippen LogP contribution is -2.26. The van der Waals surface area contributed by atoms with Crippen LogP contribution in [0.25, 0.3) is 0 Å². The smallest absolute Gasteiger partial charge is 0.133 e. The SMILES string of the molecule is Cc1ccc(C2CCC(C3CCC(C)CC3)CC2)c(P)c1F. The fraction of sp³-hybridized carbons (Fsp3) is 0.700. The summed E-state index contributed by atoms with van der Waals surface area (Å²) in [5.41, 5.74) is 2.00. The van der Waals surface area contributed by atoms with Crippen LogP contribution in [0.2, 0.25) is 0 Å². The summed E-state index contributed by atoms with van der Waals surface area (Å²) >= 11 is 0. The quantitative estimate of drug-likeness (QED) is 0.610. The predicted octanol–water partition coefficient (Wildman–Crippen LogP) is 5.73. The summed E-state index contributed by atoms with van der Waals surface area (Å²) in [6, 6.07) is 4.11. The van der Waals surface area contributed by atoms with Gasteiger partial charge in [-0.1, -0.05) is 31.9 Å². The molecule has 122 valence electrons. The Morgan fingerprint density at radius 2 is 1.45 bits per heavy atom. The van der Waals surface area contributed by atoms with Gasteiger partial charge in [0, 0.05) is 5.30 Å². The zero-order valence-corrected chi connectivity index (χ0v) is 15.2. The van der Waals surface area contributed by atoms with Crippen LogP contribution in [0.3, 0.4) is 0 Å². The van der Waals surface area contributed by atoms with Crippen molar-refractivity contribution in [3.05, 3.63) is 29.1 Å². The lowest BCUT2D eigenvalue weighted by Gasteiger charge is -2.37. The van der Waals surface area contributed by atoms with Crippen molar-refractivity contribution in [1.82, 2.24) is 0 Å². The summed E-state index contributed by atoms with van der Waals surface area (Å²) in [5.74, 6) is 3.41. The largest absolute Gasteiger partial charge is 0.206 e. The number of hydrogen-bond donors (Lipinski definition) is 0. The van der Waals surface area contributed by atoms with E-state index in [0.29, 0.717) is 5.92 Å². The molecular formula is C20H30FP. The molecule has 1 atom stereocenters. The van der Waals surface area contributed by atoms with Crippen LogP contribution in [0.1, 0.15) is 75.3 Å². The summed E-state index contributed by atoms with van der Waals surface area (Å²) in [6.07, 6.45) is 11.0. The van der Waals surface area contributed by atoms with Gasteiger partial charge in [0.25, 0.3) is 0 Å². The fourth-order valence-corrected chi connectivity index (χ4v) is 5.29. The van der Waals surface area contributed by atoms with Gasteiger partial charge in [-0.25, -0.2) is 4.39 Å². The van der Waals surface area contributed by atoms with Crippen molar-refractivity contribution in [3.63, 3.8) is 0 Å². The highest BCUT2D eigenvalue weighted by Gasteiger charge is 2.31. The first-order valence-electron chi connectivity index (χ1n) is 9.10. The second kappa shape index (κ2) is 7.00. The van der Waals surface area contributed by atoms with Gasteiger partial charge >= 0.3 is 0 Å². The van der Waals surface area contributed by atoms with Crippen LogP contribution in [0.15, 0.2) is 12.1 Å². The Morgan fingerprint density at radius 1 is 0.909 bits per heavy atom. The maximum atomic E-state index is 14.1. The molecule has 0 radical (unpaired) electrons. The maximum absolute atomic E-state index is 14.1. The van der Waals surface area contributed by atoms with E-state index in [2.05, 4.69) is 22.2 Å². The third kappa shape index (κ3) is 3.40. The number of aryl methyl sites for hydroxylation is 1. The van der Waals surface area contributed by atoms with Crippen molar-refractivity contribution in [3.8, 4) is 0 Å². The third-order valence-electron chi connectivity index (χ3n) is 6.35. The molecule has 0 heterocycles. The number of halogens is 1. The Hall–Kier alpha value is -0.420. The Kier molecular flexibility index (Phi) is 5.23. The molecule has 0 bridgehead atoms. The molecule has 1 aromatic carbocycles. The van der Waals surface area contributed by atoms with E-state index in [1.807, 2.05) is 13.0 Å². The summed E-state index contributed by atoms with van der Waals surface area (Å²) in [5, 5.41) is 0.815. The molecule has 0 spiro atoms. The number of hydrogen-bond acceptors (Lipinski definition) is 0. The molecule has 0 amide bonds. The van der Waals surface area contributed by atoms with Gasteiger partial charge in [-0.2, -0.15) is 0 Å². The molecule has 2 aliphatic rings. The van der Waals surface area contributed by atoms with Crippen LogP contribution in [-0.2, 0) is 0 Å². The highest BCUT2D eigenvalue weighted by Crippen LogP contribution is 2.43. The van der Waals surface area contributed by atoms with Crippen molar-refractivity contribution < 1.29 is 4.39 Å². The topological polar surface area (TPSA) is 0 Å². The van der Waals surface area contributed by atoms with Crippen molar-refractivity contribution in [2.24, 2.45) is 17.8 Å². The molecule has 0 aliphatic heterocycles.